The molecule has 0 aliphatic heterocycles. The number of nitrogens with one attached hydrogen (secondary N) is 1. The lowest BCUT2D eigenvalue weighted by Crippen LogP contribution is -1.82. The van der Waals surface area contributed by atoms with Crippen LogP contribution in [0.25, 0.3) is 0 Å². The highest BCUT2D eigenvalue weighted by Gasteiger charge is 1.88. The molecule has 0 heterocycles. The Morgan fingerprint density at radius 2 is 1.75 bits per heavy atom. The van der Waals surface area contributed by atoms with E-state index in [1.54, 1.807) is 0 Å². The second kappa shape index (κ2) is 10.3. The van der Waals surface area contributed by atoms with Gasteiger partial charge in [0, 0.05) is 0 Å². The summed E-state index contributed by atoms with van der Waals surface area (Å²) in [6.45, 7) is 0. The number of hydrogen-bond donors (Lipinski definition) is 1. The Balaban J connectivity index is 0. The lowest BCUT2D eigenvalue weighted by Gasteiger charge is -1.82. The third kappa shape index (κ3) is 34.0. The van der Waals surface area contributed by atoms with Crippen LogP contribution < -0.4 is 0 Å². The number of halogens is 3. The highest BCUT2D eigenvalue weighted by molar-refractivity contribution is 6.47. The monoisotopic (exact) mass is 175 g/mol. The van der Waals surface area contributed by atoms with Crippen molar-refractivity contribution in [2.75, 3.05) is 5.88 Å². The van der Waals surface area contributed by atoms with Gasteiger partial charge in [-0.1, -0.05) is 0 Å². The summed E-state index contributed by atoms with van der Waals surface area (Å²) in [5.41, 5.74) is 0. The van der Waals surface area contributed by atoms with Gasteiger partial charge in [-0.3, -0.25) is 0 Å². The van der Waals surface area contributed by atoms with Crippen molar-refractivity contribution in [2.45, 2.75) is 4.84 Å². The van der Waals surface area contributed by atoms with Crippen molar-refractivity contribution in [3.63, 3.8) is 0 Å². The molecular formula is C3H4Cl3NO. The molecule has 0 aromatic rings. The molecule has 48 valence electrons. The van der Waals surface area contributed by atoms with Crippen molar-refractivity contribution in [2.24, 2.45) is 0 Å². The fraction of sp³-hybridized carbons (Fsp3) is 0.667. The molecule has 2 nitrogen and oxygen atoms in total. The first-order valence-electron chi connectivity index (χ1n) is 1.57. The average Bonchev–Trinajstić information content (AvgIpc) is 1.69. The maximum Gasteiger partial charge on any atom is 0.231 e. The van der Waals surface area contributed by atoms with Gasteiger partial charge in [-0.05, 0) is 0 Å². The van der Waals surface area contributed by atoms with Crippen LogP contribution in [0.3, 0.4) is 0 Å². The van der Waals surface area contributed by atoms with Gasteiger partial charge >= 0.3 is 0 Å². The molecule has 5 heteroatoms. The Morgan fingerprint density at radius 1 is 1.62 bits per heavy atom. The molecule has 0 saturated heterocycles. The lowest BCUT2D eigenvalue weighted by molar-refractivity contribution is 0.563. The van der Waals surface area contributed by atoms with E-state index in [0.717, 1.165) is 6.08 Å². The molecule has 0 aliphatic carbocycles. The zero-order valence-electron chi connectivity index (χ0n) is 3.83. The maximum atomic E-state index is 8.35. The summed E-state index contributed by atoms with van der Waals surface area (Å²) in [5.74, 6) is 0.309. The van der Waals surface area contributed by atoms with Crippen molar-refractivity contribution in [1.82, 2.24) is 0 Å². The molecule has 0 spiro atoms. The number of carbonyl (C=O) groups excluding carboxylic acids is 1. The molecule has 1 N–H and O–H groups in total. The fourth-order valence-corrected chi connectivity index (χ4v) is 0. The number of rotatable bonds is 1. The van der Waals surface area contributed by atoms with Crippen molar-refractivity contribution < 1.29 is 4.79 Å². The van der Waals surface area contributed by atoms with Gasteiger partial charge in [-0.25, -0.2) is 10.2 Å². The van der Waals surface area contributed by atoms with Crippen LogP contribution in [-0.2, 0) is 4.79 Å². The minimum absolute atomic E-state index is 0.309. The van der Waals surface area contributed by atoms with Crippen molar-refractivity contribution in [3.05, 3.63) is 0 Å². The highest BCUT2D eigenvalue weighted by atomic mass is 35.5. The zero-order chi connectivity index (χ0) is 6.99. The van der Waals surface area contributed by atoms with E-state index >= 15 is 0 Å². The standard InChI is InChI=1S/C2H3Cl3.CHNO/c3-1-2(4)5;2-1-3/h2H,1H2;2H. The molecule has 0 fully saturated rings. The summed E-state index contributed by atoms with van der Waals surface area (Å²) >= 11 is 15.3. The molecule has 0 aromatic carbocycles. The van der Waals surface area contributed by atoms with Crippen molar-refractivity contribution >= 4 is 40.9 Å². The van der Waals surface area contributed by atoms with Gasteiger partial charge in [0.25, 0.3) is 0 Å². The van der Waals surface area contributed by atoms with Crippen LogP contribution in [0.1, 0.15) is 0 Å². The lowest BCUT2D eigenvalue weighted by atomic mass is 10.9. The van der Waals surface area contributed by atoms with E-state index < -0.39 is 4.84 Å². The fourth-order valence-electron chi connectivity index (χ4n) is 0. The molecule has 0 saturated carbocycles. The van der Waals surface area contributed by atoms with Crippen LogP contribution in [0.4, 0.5) is 0 Å². The predicted octanol–water partition coefficient (Wildman–Crippen LogP) is 1.93. The number of alkyl halides is 3. The second-order valence-corrected chi connectivity index (χ2v) is 2.23. The highest BCUT2D eigenvalue weighted by Crippen LogP contribution is 2.01. The molecule has 0 atom stereocenters. The van der Waals surface area contributed by atoms with Crippen LogP contribution in [0.15, 0.2) is 0 Å². The average molecular weight is 176 g/mol. The van der Waals surface area contributed by atoms with E-state index in [9.17, 15) is 0 Å². The van der Waals surface area contributed by atoms with Crippen LogP contribution in [0.5, 0.6) is 0 Å². The van der Waals surface area contributed by atoms with Gasteiger partial charge in [0.15, 0.2) is 0 Å². The van der Waals surface area contributed by atoms with Gasteiger partial charge < -0.3 is 0 Å². The third-order valence-corrected chi connectivity index (χ3v) is 1.05. The minimum atomic E-state index is -0.406. The summed E-state index contributed by atoms with van der Waals surface area (Å²) in [7, 11) is 0. The van der Waals surface area contributed by atoms with Crippen LogP contribution >= 0.6 is 34.8 Å². The quantitative estimate of drug-likeness (QED) is 0.370. The Hall–Kier alpha value is 0.250. The summed E-state index contributed by atoms with van der Waals surface area (Å²) in [6, 6.07) is 0. The van der Waals surface area contributed by atoms with Crippen molar-refractivity contribution in [1.29, 1.82) is 5.41 Å². The summed E-state index contributed by atoms with van der Waals surface area (Å²) in [6.07, 6.45) is 0.750. The van der Waals surface area contributed by atoms with E-state index in [1.165, 1.54) is 0 Å². The summed E-state index contributed by atoms with van der Waals surface area (Å²) in [5, 5.41) is 5.40. The molecule has 0 radical (unpaired) electrons. The molecular weight excluding hydrogens is 172 g/mol. The van der Waals surface area contributed by atoms with Gasteiger partial charge in [-0.15, -0.1) is 34.8 Å². The van der Waals surface area contributed by atoms with E-state index in [0.29, 0.717) is 5.88 Å². The summed E-state index contributed by atoms with van der Waals surface area (Å²) in [4.78, 5) is 7.94. The first-order valence-corrected chi connectivity index (χ1v) is 2.97. The van der Waals surface area contributed by atoms with Gasteiger partial charge in [0.2, 0.25) is 6.08 Å². The van der Waals surface area contributed by atoms with Crippen LogP contribution in [0.2, 0.25) is 0 Å². The normalized spacial score (nSPS) is 7.00. The Bertz CT molecular complexity index is 68.9. The van der Waals surface area contributed by atoms with E-state index in [2.05, 4.69) is 0 Å². The molecule has 0 unspecified atom stereocenters. The third-order valence-electron chi connectivity index (χ3n) is 0.117. The Labute approximate surface area is 62.2 Å². The molecule has 8 heavy (non-hydrogen) atoms. The van der Waals surface area contributed by atoms with Gasteiger partial charge in [0.1, 0.15) is 4.84 Å². The minimum Gasteiger partial charge on any atom is -0.222 e. The van der Waals surface area contributed by atoms with E-state index in [4.69, 9.17) is 45.0 Å². The number of hydrogen-bond acceptors (Lipinski definition) is 2. The Morgan fingerprint density at radius 3 is 1.75 bits per heavy atom. The van der Waals surface area contributed by atoms with E-state index in [-0.39, 0.29) is 0 Å². The SMILES string of the molecule is ClCC(Cl)Cl.N=C=O. The predicted molar refractivity (Wildman–Crippen MR) is 34.6 cm³/mol. The van der Waals surface area contributed by atoms with E-state index in [1.807, 2.05) is 0 Å². The maximum absolute atomic E-state index is 8.35. The van der Waals surface area contributed by atoms with Crippen LogP contribution in [-0.4, -0.2) is 16.8 Å². The van der Waals surface area contributed by atoms with Crippen LogP contribution in [0, 0.1) is 5.41 Å². The molecule has 0 amide bonds. The molecule has 0 bridgehead atoms. The number of isocyanates is 1. The molecule has 0 aliphatic rings. The summed E-state index contributed by atoms with van der Waals surface area (Å²) < 4.78 is 0. The zero-order valence-corrected chi connectivity index (χ0v) is 6.09. The van der Waals surface area contributed by atoms with Gasteiger partial charge in [0.05, 0.1) is 5.88 Å². The van der Waals surface area contributed by atoms with Crippen molar-refractivity contribution in [3.8, 4) is 0 Å². The second-order valence-electron chi connectivity index (χ2n) is 0.647. The first kappa shape index (κ1) is 11.1. The van der Waals surface area contributed by atoms with Gasteiger partial charge in [-0.2, -0.15) is 0 Å². The molecule has 0 rings (SSSR count). The Kier molecular flexibility index (Phi) is 14.3. The smallest absolute Gasteiger partial charge is 0.222 e. The first-order chi connectivity index (χ1) is 3.68. The largest absolute Gasteiger partial charge is 0.231 e. The molecule has 0 aromatic heterocycles. The topological polar surface area (TPSA) is 40.9 Å².